The van der Waals surface area contributed by atoms with Crippen LogP contribution in [0.2, 0.25) is 0 Å². The van der Waals surface area contributed by atoms with Gasteiger partial charge in [-0.3, -0.25) is 10.2 Å². The van der Waals surface area contributed by atoms with Gasteiger partial charge in [0.05, 0.1) is 23.5 Å². The van der Waals surface area contributed by atoms with Gasteiger partial charge in [-0.15, -0.1) is 0 Å². The summed E-state index contributed by atoms with van der Waals surface area (Å²) in [6.45, 7) is 1.46. The molecule has 1 aromatic carbocycles. The maximum absolute atomic E-state index is 13.2. The fourth-order valence-corrected chi connectivity index (χ4v) is 4.17. The second-order valence-corrected chi connectivity index (χ2v) is 7.74. The SMILES string of the molecule is O=C(Nc1ccccn1)N1c2nc(-c3cccc(C(F)(F)F)c3)ncc2N2CCCC1C2. The number of aromatic nitrogens is 3. The summed E-state index contributed by atoms with van der Waals surface area (Å²) < 4.78 is 39.5. The zero-order valence-corrected chi connectivity index (χ0v) is 16.9. The van der Waals surface area contributed by atoms with E-state index in [9.17, 15) is 18.0 Å². The fraction of sp³-hybridized carbons (Fsp3) is 0.273. The highest BCUT2D eigenvalue weighted by Gasteiger charge is 2.39. The van der Waals surface area contributed by atoms with Gasteiger partial charge in [0.2, 0.25) is 0 Å². The van der Waals surface area contributed by atoms with Crippen LogP contribution in [-0.4, -0.2) is 40.1 Å². The second kappa shape index (κ2) is 7.77. The van der Waals surface area contributed by atoms with E-state index >= 15 is 0 Å². The highest BCUT2D eigenvalue weighted by molar-refractivity contribution is 6.04. The van der Waals surface area contributed by atoms with Crippen molar-refractivity contribution in [3.05, 3.63) is 60.4 Å². The lowest BCUT2D eigenvalue weighted by molar-refractivity contribution is -0.137. The molecule has 2 aliphatic rings. The maximum atomic E-state index is 13.2. The van der Waals surface area contributed by atoms with E-state index in [4.69, 9.17) is 0 Å². The number of piperidine rings is 1. The number of nitrogens with zero attached hydrogens (tertiary/aromatic N) is 5. The normalized spacial score (nSPS) is 17.7. The summed E-state index contributed by atoms with van der Waals surface area (Å²) in [7, 11) is 0. The molecule has 164 valence electrons. The lowest BCUT2D eigenvalue weighted by atomic mass is 10.0. The summed E-state index contributed by atoms with van der Waals surface area (Å²) in [5.74, 6) is 0.924. The maximum Gasteiger partial charge on any atom is 0.416 e. The molecule has 1 saturated heterocycles. The monoisotopic (exact) mass is 440 g/mol. The number of anilines is 3. The molecule has 0 spiro atoms. The van der Waals surface area contributed by atoms with E-state index in [-0.39, 0.29) is 23.5 Å². The molecule has 32 heavy (non-hydrogen) atoms. The number of carbonyl (C=O) groups excluding carboxylic acids is 1. The van der Waals surface area contributed by atoms with Gasteiger partial charge in [-0.2, -0.15) is 13.2 Å². The molecule has 2 aliphatic heterocycles. The van der Waals surface area contributed by atoms with Crippen LogP contribution in [0.25, 0.3) is 11.4 Å². The average Bonchev–Trinajstić information content (AvgIpc) is 2.79. The van der Waals surface area contributed by atoms with Crippen molar-refractivity contribution in [1.29, 1.82) is 0 Å². The van der Waals surface area contributed by atoms with Crippen LogP contribution < -0.4 is 15.1 Å². The van der Waals surface area contributed by atoms with Crippen molar-refractivity contribution < 1.29 is 18.0 Å². The number of nitrogens with one attached hydrogen (secondary N) is 1. The molecule has 3 aromatic rings. The third-order valence-corrected chi connectivity index (χ3v) is 5.65. The first-order valence-electron chi connectivity index (χ1n) is 10.2. The molecule has 5 rings (SSSR count). The predicted molar refractivity (Wildman–Crippen MR) is 113 cm³/mol. The highest BCUT2D eigenvalue weighted by Crippen LogP contribution is 2.39. The molecular weight excluding hydrogens is 421 g/mol. The summed E-state index contributed by atoms with van der Waals surface area (Å²) in [6.07, 6.45) is 0.402. The van der Waals surface area contributed by atoms with E-state index in [0.717, 1.165) is 31.5 Å². The number of carbonyl (C=O) groups is 1. The van der Waals surface area contributed by atoms with Crippen LogP contribution in [-0.2, 0) is 6.18 Å². The molecule has 4 heterocycles. The molecule has 1 unspecified atom stereocenters. The Morgan fingerprint density at radius 2 is 2.00 bits per heavy atom. The first-order chi connectivity index (χ1) is 15.4. The Morgan fingerprint density at radius 1 is 1.12 bits per heavy atom. The summed E-state index contributed by atoms with van der Waals surface area (Å²) in [5, 5.41) is 2.79. The van der Waals surface area contributed by atoms with Crippen molar-refractivity contribution >= 4 is 23.4 Å². The number of urea groups is 1. The molecule has 10 heteroatoms. The molecule has 0 saturated carbocycles. The van der Waals surface area contributed by atoms with Gasteiger partial charge in [0.1, 0.15) is 5.82 Å². The van der Waals surface area contributed by atoms with Gasteiger partial charge in [0.25, 0.3) is 0 Å². The first kappa shape index (κ1) is 20.2. The minimum Gasteiger partial charge on any atom is -0.365 e. The van der Waals surface area contributed by atoms with E-state index in [1.165, 1.54) is 12.1 Å². The van der Waals surface area contributed by atoms with Crippen LogP contribution in [0, 0.1) is 0 Å². The van der Waals surface area contributed by atoms with Crippen LogP contribution in [0.4, 0.5) is 35.3 Å². The molecule has 2 aromatic heterocycles. The van der Waals surface area contributed by atoms with E-state index in [2.05, 4.69) is 25.2 Å². The van der Waals surface area contributed by atoms with Gasteiger partial charge in [-0.1, -0.05) is 18.2 Å². The smallest absolute Gasteiger partial charge is 0.365 e. The van der Waals surface area contributed by atoms with Gasteiger partial charge in [0, 0.05) is 24.8 Å². The van der Waals surface area contributed by atoms with Crippen LogP contribution in [0.1, 0.15) is 18.4 Å². The number of fused-ring (bicyclic) bond motifs is 4. The van der Waals surface area contributed by atoms with E-state index < -0.39 is 11.7 Å². The summed E-state index contributed by atoms with van der Waals surface area (Å²) in [5.41, 5.74) is 0.146. The largest absolute Gasteiger partial charge is 0.416 e. The second-order valence-electron chi connectivity index (χ2n) is 7.74. The van der Waals surface area contributed by atoms with Crippen molar-refractivity contribution in [1.82, 2.24) is 15.0 Å². The molecule has 1 N–H and O–H groups in total. The van der Waals surface area contributed by atoms with Crippen LogP contribution in [0.3, 0.4) is 0 Å². The predicted octanol–water partition coefficient (Wildman–Crippen LogP) is 4.58. The molecule has 1 fully saturated rings. The third kappa shape index (κ3) is 3.72. The fourth-order valence-electron chi connectivity index (χ4n) is 4.17. The summed E-state index contributed by atoms with van der Waals surface area (Å²) >= 11 is 0. The number of hydrogen-bond acceptors (Lipinski definition) is 5. The zero-order chi connectivity index (χ0) is 22.3. The van der Waals surface area contributed by atoms with E-state index in [0.29, 0.717) is 23.9 Å². The Balaban J connectivity index is 1.55. The van der Waals surface area contributed by atoms with Gasteiger partial charge >= 0.3 is 12.2 Å². The summed E-state index contributed by atoms with van der Waals surface area (Å²) in [4.78, 5) is 29.9. The van der Waals surface area contributed by atoms with Gasteiger partial charge in [-0.25, -0.2) is 19.7 Å². The molecule has 1 atom stereocenters. The van der Waals surface area contributed by atoms with Crippen molar-refractivity contribution in [3.63, 3.8) is 0 Å². The lowest BCUT2D eigenvalue weighted by Crippen LogP contribution is -2.56. The van der Waals surface area contributed by atoms with Gasteiger partial charge in [-0.05, 0) is 37.1 Å². The van der Waals surface area contributed by atoms with Crippen molar-refractivity contribution in [2.24, 2.45) is 0 Å². The third-order valence-electron chi connectivity index (χ3n) is 5.65. The Hall–Kier alpha value is -3.69. The molecule has 2 bridgehead atoms. The van der Waals surface area contributed by atoms with Crippen molar-refractivity contribution in [2.75, 3.05) is 28.2 Å². The van der Waals surface area contributed by atoms with Crippen LogP contribution in [0.15, 0.2) is 54.9 Å². The van der Waals surface area contributed by atoms with E-state index in [1.807, 2.05) is 0 Å². The Labute approximate surface area is 181 Å². The Kier molecular flexibility index (Phi) is 4.91. The first-order valence-corrected chi connectivity index (χ1v) is 10.2. The van der Waals surface area contributed by atoms with E-state index in [1.54, 1.807) is 35.5 Å². The number of alkyl halides is 3. The Bertz CT molecular complexity index is 1150. The van der Waals surface area contributed by atoms with Crippen LogP contribution >= 0.6 is 0 Å². The Morgan fingerprint density at radius 3 is 2.78 bits per heavy atom. The minimum atomic E-state index is -4.47. The number of amides is 2. The minimum absolute atomic E-state index is 0.107. The molecule has 0 aliphatic carbocycles. The number of benzene rings is 1. The van der Waals surface area contributed by atoms with Gasteiger partial charge < -0.3 is 4.90 Å². The number of pyridine rings is 1. The number of halogens is 3. The topological polar surface area (TPSA) is 74.2 Å². The number of hydrogen-bond donors (Lipinski definition) is 1. The van der Waals surface area contributed by atoms with Gasteiger partial charge in [0.15, 0.2) is 11.6 Å². The molecule has 0 radical (unpaired) electrons. The zero-order valence-electron chi connectivity index (χ0n) is 16.9. The van der Waals surface area contributed by atoms with Crippen LogP contribution in [0.5, 0.6) is 0 Å². The highest BCUT2D eigenvalue weighted by atomic mass is 19.4. The molecule has 2 amide bonds. The standard InChI is InChI=1S/C22H19F3N6O/c23-22(24,25)15-6-3-5-14(11-15)19-27-12-17-20(29-19)31(16-7-4-10-30(17)13-16)21(32)28-18-8-1-2-9-26-18/h1-3,5-6,8-9,11-12,16H,4,7,10,13H2,(H,26,28,32). The lowest BCUT2D eigenvalue weighted by Gasteiger charge is -2.45. The van der Waals surface area contributed by atoms with Crippen molar-refractivity contribution in [2.45, 2.75) is 25.1 Å². The summed E-state index contributed by atoms with van der Waals surface area (Å²) in [6, 6.07) is 9.58. The molecule has 7 nitrogen and oxygen atoms in total. The average molecular weight is 440 g/mol. The quantitative estimate of drug-likeness (QED) is 0.632. The molecular formula is C22H19F3N6O. The number of rotatable bonds is 2. The van der Waals surface area contributed by atoms with Crippen molar-refractivity contribution in [3.8, 4) is 11.4 Å².